The Labute approximate surface area is 84.6 Å². The van der Waals surface area contributed by atoms with Gasteiger partial charge in [0.1, 0.15) is 5.75 Å². The molecule has 1 rings (SSSR count). The zero-order chi connectivity index (χ0) is 10.6. The third-order valence-corrected chi connectivity index (χ3v) is 2.37. The maximum absolute atomic E-state index is 9.54. The van der Waals surface area contributed by atoms with Gasteiger partial charge in [0.25, 0.3) is 0 Å². The first kappa shape index (κ1) is 10.9. The van der Waals surface area contributed by atoms with Crippen molar-refractivity contribution in [2.45, 2.75) is 20.5 Å². The van der Waals surface area contributed by atoms with Crippen LogP contribution in [0.5, 0.6) is 5.75 Å². The molecule has 0 saturated carbocycles. The molecule has 3 heteroatoms. The zero-order valence-electron chi connectivity index (χ0n) is 8.70. The van der Waals surface area contributed by atoms with Crippen molar-refractivity contribution in [2.75, 3.05) is 18.0 Å². The molecule has 0 amide bonds. The van der Waals surface area contributed by atoms with Crippen molar-refractivity contribution >= 4 is 5.69 Å². The van der Waals surface area contributed by atoms with E-state index >= 15 is 0 Å². The van der Waals surface area contributed by atoms with E-state index in [1.54, 1.807) is 12.1 Å². The maximum atomic E-state index is 9.54. The van der Waals surface area contributed by atoms with E-state index in [2.05, 4.69) is 18.7 Å². The summed E-state index contributed by atoms with van der Waals surface area (Å²) in [6.07, 6.45) is 0. The van der Waals surface area contributed by atoms with Gasteiger partial charge >= 0.3 is 0 Å². The molecule has 0 fully saturated rings. The second kappa shape index (κ2) is 4.86. The third-order valence-electron chi connectivity index (χ3n) is 2.37. The van der Waals surface area contributed by atoms with Gasteiger partial charge in [-0.15, -0.1) is 0 Å². The first-order valence-corrected chi connectivity index (χ1v) is 4.90. The SMILES string of the molecule is CCN(CC)c1ccc(CO)c(O)c1. The van der Waals surface area contributed by atoms with Crippen LogP contribution in [0.3, 0.4) is 0 Å². The highest BCUT2D eigenvalue weighted by Crippen LogP contribution is 2.24. The molecule has 78 valence electrons. The van der Waals surface area contributed by atoms with Crippen molar-refractivity contribution in [1.82, 2.24) is 0 Å². The minimum absolute atomic E-state index is 0.121. The van der Waals surface area contributed by atoms with Crippen molar-refractivity contribution in [3.05, 3.63) is 23.8 Å². The molecule has 0 unspecified atom stereocenters. The second-order valence-corrected chi connectivity index (χ2v) is 3.14. The maximum Gasteiger partial charge on any atom is 0.123 e. The third kappa shape index (κ3) is 2.17. The van der Waals surface area contributed by atoms with E-state index in [1.807, 2.05) is 6.07 Å². The normalized spacial score (nSPS) is 10.2. The molecule has 0 spiro atoms. The molecule has 0 atom stereocenters. The summed E-state index contributed by atoms with van der Waals surface area (Å²) < 4.78 is 0. The van der Waals surface area contributed by atoms with E-state index in [0.717, 1.165) is 18.8 Å². The fraction of sp³-hybridized carbons (Fsp3) is 0.455. The Morgan fingerprint density at radius 1 is 1.21 bits per heavy atom. The number of nitrogens with zero attached hydrogens (tertiary/aromatic N) is 1. The molecule has 1 aromatic carbocycles. The van der Waals surface area contributed by atoms with Gasteiger partial charge in [0.15, 0.2) is 0 Å². The van der Waals surface area contributed by atoms with Crippen LogP contribution < -0.4 is 4.90 Å². The van der Waals surface area contributed by atoms with Gasteiger partial charge in [-0.05, 0) is 19.9 Å². The standard InChI is InChI=1S/C11H17NO2/c1-3-12(4-2)10-6-5-9(8-13)11(14)7-10/h5-7,13-14H,3-4,8H2,1-2H3. The lowest BCUT2D eigenvalue weighted by Crippen LogP contribution is -2.21. The van der Waals surface area contributed by atoms with Crippen LogP contribution in [-0.2, 0) is 6.61 Å². The molecular formula is C11H17NO2. The molecule has 0 heterocycles. The van der Waals surface area contributed by atoms with Crippen LogP contribution in [0.1, 0.15) is 19.4 Å². The van der Waals surface area contributed by atoms with Crippen LogP contribution in [0.25, 0.3) is 0 Å². The van der Waals surface area contributed by atoms with Crippen molar-refractivity contribution in [1.29, 1.82) is 0 Å². The van der Waals surface area contributed by atoms with Gasteiger partial charge in [0.05, 0.1) is 6.61 Å². The first-order valence-electron chi connectivity index (χ1n) is 4.90. The van der Waals surface area contributed by atoms with Gasteiger partial charge in [-0.25, -0.2) is 0 Å². The average Bonchev–Trinajstić information content (AvgIpc) is 2.20. The van der Waals surface area contributed by atoms with Gasteiger partial charge < -0.3 is 15.1 Å². The zero-order valence-corrected chi connectivity index (χ0v) is 8.70. The molecule has 0 bridgehead atoms. The molecule has 2 N–H and O–H groups in total. The quantitative estimate of drug-likeness (QED) is 0.769. The predicted molar refractivity (Wildman–Crippen MR) is 57.6 cm³/mol. The molecule has 14 heavy (non-hydrogen) atoms. The first-order chi connectivity index (χ1) is 6.72. The van der Waals surface area contributed by atoms with Crippen LogP contribution >= 0.6 is 0 Å². The van der Waals surface area contributed by atoms with E-state index < -0.39 is 0 Å². The van der Waals surface area contributed by atoms with Crippen LogP contribution in [0.15, 0.2) is 18.2 Å². The lowest BCUT2D eigenvalue weighted by molar-refractivity contribution is 0.275. The number of hydrogen-bond donors (Lipinski definition) is 2. The van der Waals surface area contributed by atoms with Crippen LogP contribution in [-0.4, -0.2) is 23.3 Å². The van der Waals surface area contributed by atoms with Gasteiger partial charge in [-0.3, -0.25) is 0 Å². The number of benzene rings is 1. The summed E-state index contributed by atoms with van der Waals surface area (Å²) in [6, 6.07) is 5.36. The van der Waals surface area contributed by atoms with Gasteiger partial charge in [0, 0.05) is 30.4 Å². The van der Waals surface area contributed by atoms with Gasteiger partial charge in [-0.2, -0.15) is 0 Å². The summed E-state index contributed by atoms with van der Waals surface area (Å²) in [7, 11) is 0. The number of rotatable bonds is 4. The molecule has 1 aromatic rings. The van der Waals surface area contributed by atoms with E-state index in [-0.39, 0.29) is 12.4 Å². The molecule has 3 nitrogen and oxygen atoms in total. The van der Waals surface area contributed by atoms with Crippen LogP contribution in [0.4, 0.5) is 5.69 Å². The Morgan fingerprint density at radius 3 is 2.29 bits per heavy atom. The van der Waals surface area contributed by atoms with Crippen molar-refractivity contribution in [3.63, 3.8) is 0 Å². The molecule has 0 aliphatic heterocycles. The minimum atomic E-state index is -0.121. The molecule has 0 aromatic heterocycles. The summed E-state index contributed by atoms with van der Waals surface area (Å²) in [5.74, 6) is 0.164. The Hall–Kier alpha value is -1.22. The molecule has 0 aliphatic rings. The fourth-order valence-corrected chi connectivity index (χ4v) is 1.47. The van der Waals surface area contributed by atoms with Crippen LogP contribution in [0, 0.1) is 0 Å². The van der Waals surface area contributed by atoms with Crippen molar-refractivity contribution in [2.24, 2.45) is 0 Å². The Kier molecular flexibility index (Phi) is 3.77. The highest BCUT2D eigenvalue weighted by molar-refractivity contribution is 5.53. The van der Waals surface area contributed by atoms with Gasteiger partial charge in [-0.1, -0.05) is 6.07 Å². The lowest BCUT2D eigenvalue weighted by atomic mass is 10.2. The van der Waals surface area contributed by atoms with Crippen molar-refractivity contribution < 1.29 is 10.2 Å². The molecule has 0 radical (unpaired) electrons. The summed E-state index contributed by atoms with van der Waals surface area (Å²) in [6.45, 7) is 5.84. The Morgan fingerprint density at radius 2 is 1.86 bits per heavy atom. The van der Waals surface area contributed by atoms with Crippen molar-refractivity contribution in [3.8, 4) is 5.75 Å². The smallest absolute Gasteiger partial charge is 0.123 e. The predicted octanol–water partition coefficient (Wildman–Crippen LogP) is 1.73. The molecule has 0 saturated heterocycles. The number of aromatic hydroxyl groups is 1. The number of hydrogen-bond acceptors (Lipinski definition) is 3. The van der Waals surface area contributed by atoms with E-state index in [9.17, 15) is 5.11 Å². The topological polar surface area (TPSA) is 43.7 Å². The monoisotopic (exact) mass is 195 g/mol. The molecule has 0 aliphatic carbocycles. The largest absolute Gasteiger partial charge is 0.508 e. The summed E-state index contributed by atoms with van der Waals surface area (Å²) in [5.41, 5.74) is 1.56. The average molecular weight is 195 g/mol. The van der Waals surface area contributed by atoms with E-state index in [4.69, 9.17) is 5.11 Å². The number of aliphatic hydroxyl groups excluding tert-OH is 1. The van der Waals surface area contributed by atoms with E-state index in [0.29, 0.717) is 5.56 Å². The lowest BCUT2D eigenvalue weighted by Gasteiger charge is -2.21. The number of aliphatic hydroxyl groups is 1. The Balaban J connectivity index is 2.95. The molecular weight excluding hydrogens is 178 g/mol. The number of anilines is 1. The highest BCUT2D eigenvalue weighted by Gasteiger charge is 2.05. The summed E-state index contributed by atoms with van der Waals surface area (Å²) in [4.78, 5) is 2.14. The fourth-order valence-electron chi connectivity index (χ4n) is 1.47. The van der Waals surface area contributed by atoms with Gasteiger partial charge in [0.2, 0.25) is 0 Å². The minimum Gasteiger partial charge on any atom is -0.508 e. The summed E-state index contributed by atoms with van der Waals surface area (Å²) >= 11 is 0. The number of phenols is 1. The Bertz CT molecular complexity index is 295. The van der Waals surface area contributed by atoms with Crippen LogP contribution in [0.2, 0.25) is 0 Å². The van der Waals surface area contributed by atoms with E-state index in [1.165, 1.54) is 0 Å². The summed E-state index contributed by atoms with van der Waals surface area (Å²) in [5, 5.41) is 18.4. The second-order valence-electron chi connectivity index (χ2n) is 3.14. The highest BCUT2D eigenvalue weighted by atomic mass is 16.3.